The topological polar surface area (TPSA) is 48.1 Å². The van der Waals surface area contributed by atoms with Gasteiger partial charge in [-0.3, -0.25) is 0 Å². The minimum atomic E-state index is 0.146. The predicted octanol–water partition coefficient (Wildman–Crippen LogP) is 2.44. The number of hydrogen-bond donors (Lipinski definition) is 1. The second kappa shape index (κ2) is 4.72. The number of ether oxygens (including phenoxy) is 1. The maximum Gasteiger partial charge on any atom is 0.145 e. The van der Waals surface area contributed by atoms with Crippen LogP contribution in [0.2, 0.25) is 0 Å². The van der Waals surface area contributed by atoms with Crippen LogP contribution >= 0.6 is 0 Å². The van der Waals surface area contributed by atoms with Crippen LogP contribution in [-0.2, 0) is 6.42 Å². The molecule has 90 valence electrons. The highest BCUT2D eigenvalue weighted by molar-refractivity contribution is 5.87. The lowest BCUT2D eigenvalue weighted by molar-refractivity contribution is 0.418. The molecule has 2 rings (SSSR count). The van der Waals surface area contributed by atoms with E-state index in [1.807, 2.05) is 26.0 Å². The molecular weight excluding hydrogens is 212 g/mol. The van der Waals surface area contributed by atoms with Crippen LogP contribution in [-0.4, -0.2) is 18.1 Å². The number of hydrogen-bond acceptors (Lipinski definition) is 3. The minimum absolute atomic E-state index is 0.146. The Kier molecular flexibility index (Phi) is 3.29. The lowest BCUT2D eigenvalue weighted by atomic mass is 10.0. The molecule has 0 spiro atoms. The second-order valence-electron chi connectivity index (χ2n) is 4.46. The van der Waals surface area contributed by atoms with Gasteiger partial charge in [-0.25, -0.2) is 4.98 Å². The highest BCUT2D eigenvalue weighted by atomic mass is 16.5. The van der Waals surface area contributed by atoms with Crippen molar-refractivity contribution in [2.24, 2.45) is 5.73 Å². The van der Waals surface area contributed by atoms with Gasteiger partial charge in [-0.15, -0.1) is 0 Å². The smallest absolute Gasteiger partial charge is 0.145 e. The molecular formula is C14H18N2O. The van der Waals surface area contributed by atoms with Crippen molar-refractivity contribution >= 4 is 10.9 Å². The van der Waals surface area contributed by atoms with E-state index in [0.717, 1.165) is 28.8 Å². The molecule has 1 heterocycles. The summed E-state index contributed by atoms with van der Waals surface area (Å²) in [5.41, 5.74) is 9.01. The molecule has 1 aromatic carbocycles. The van der Waals surface area contributed by atoms with Crippen molar-refractivity contribution in [1.29, 1.82) is 0 Å². The molecule has 0 aliphatic rings. The molecule has 0 aliphatic heterocycles. The molecule has 0 bridgehead atoms. The molecule has 3 heteroatoms. The molecule has 0 saturated heterocycles. The van der Waals surface area contributed by atoms with E-state index in [2.05, 4.69) is 17.1 Å². The van der Waals surface area contributed by atoms with Gasteiger partial charge in [0.2, 0.25) is 0 Å². The first-order chi connectivity index (χ1) is 8.11. The van der Waals surface area contributed by atoms with Gasteiger partial charge >= 0.3 is 0 Å². The zero-order chi connectivity index (χ0) is 12.4. The fourth-order valence-corrected chi connectivity index (χ4v) is 2.04. The first-order valence-electron chi connectivity index (χ1n) is 5.80. The van der Waals surface area contributed by atoms with Crippen molar-refractivity contribution in [3.8, 4) is 5.75 Å². The maximum atomic E-state index is 5.86. The Bertz CT molecular complexity index is 535. The minimum Gasteiger partial charge on any atom is -0.494 e. The number of benzene rings is 1. The van der Waals surface area contributed by atoms with Crippen LogP contribution in [0, 0.1) is 6.92 Å². The summed E-state index contributed by atoms with van der Waals surface area (Å²) < 4.78 is 5.35. The van der Waals surface area contributed by atoms with Gasteiger partial charge in [-0.05, 0) is 38.0 Å². The largest absolute Gasteiger partial charge is 0.494 e. The number of fused-ring (bicyclic) bond motifs is 1. The Morgan fingerprint density at radius 2 is 2.06 bits per heavy atom. The average Bonchev–Trinajstić information content (AvgIpc) is 2.28. The van der Waals surface area contributed by atoms with Crippen LogP contribution in [0.15, 0.2) is 24.3 Å². The molecule has 0 radical (unpaired) electrons. The van der Waals surface area contributed by atoms with Gasteiger partial charge in [-0.2, -0.15) is 0 Å². The van der Waals surface area contributed by atoms with Crippen LogP contribution in [0.5, 0.6) is 5.75 Å². The first kappa shape index (κ1) is 11.9. The summed E-state index contributed by atoms with van der Waals surface area (Å²) in [6.07, 6.45) is 0.852. The van der Waals surface area contributed by atoms with E-state index < -0.39 is 0 Å². The summed E-state index contributed by atoms with van der Waals surface area (Å²) in [5, 5.41) is 1.13. The highest BCUT2D eigenvalue weighted by Crippen LogP contribution is 2.27. The SMILES string of the molecule is COc1ccc(CC(C)N)c2ccc(C)nc12. The summed E-state index contributed by atoms with van der Waals surface area (Å²) >= 11 is 0. The Morgan fingerprint density at radius 1 is 1.29 bits per heavy atom. The number of rotatable bonds is 3. The van der Waals surface area contributed by atoms with E-state index in [0.29, 0.717) is 0 Å². The van der Waals surface area contributed by atoms with E-state index in [4.69, 9.17) is 10.5 Å². The maximum absolute atomic E-state index is 5.86. The fourth-order valence-electron chi connectivity index (χ4n) is 2.04. The molecule has 2 N–H and O–H groups in total. The van der Waals surface area contributed by atoms with E-state index in [1.54, 1.807) is 7.11 Å². The summed E-state index contributed by atoms with van der Waals surface area (Å²) in [5.74, 6) is 0.817. The normalized spacial score (nSPS) is 12.7. The molecule has 1 aromatic heterocycles. The number of aromatic nitrogens is 1. The molecule has 1 unspecified atom stereocenters. The third-order valence-electron chi connectivity index (χ3n) is 2.81. The Morgan fingerprint density at radius 3 is 2.71 bits per heavy atom. The zero-order valence-corrected chi connectivity index (χ0v) is 10.5. The van der Waals surface area contributed by atoms with Gasteiger partial charge in [-0.1, -0.05) is 12.1 Å². The third-order valence-corrected chi connectivity index (χ3v) is 2.81. The van der Waals surface area contributed by atoms with Crippen molar-refractivity contribution < 1.29 is 4.74 Å². The van der Waals surface area contributed by atoms with Crippen molar-refractivity contribution in [1.82, 2.24) is 4.98 Å². The van der Waals surface area contributed by atoms with E-state index in [9.17, 15) is 0 Å². The molecule has 0 amide bonds. The summed E-state index contributed by atoms with van der Waals surface area (Å²) in [6, 6.07) is 8.30. The number of methoxy groups -OCH3 is 1. The third kappa shape index (κ3) is 2.39. The van der Waals surface area contributed by atoms with Crippen molar-refractivity contribution in [2.75, 3.05) is 7.11 Å². The van der Waals surface area contributed by atoms with Gasteiger partial charge < -0.3 is 10.5 Å². The Balaban J connectivity index is 2.64. The Labute approximate surface area is 102 Å². The molecule has 2 aromatic rings. The van der Waals surface area contributed by atoms with Crippen molar-refractivity contribution in [3.63, 3.8) is 0 Å². The van der Waals surface area contributed by atoms with Gasteiger partial charge in [0.1, 0.15) is 11.3 Å². The van der Waals surface area contributed by atoms with Crippen LogP contribution in [0.25, 0.3) is 10.9 Å². The van der Waals surface area contributed by atoms with Gasteiger partial charge in [0.05, 0.1) is 7.11 Å². The highest BCUT2D eigenvalue weighted by Gasteiger charge is 2.09. The van der Waals surface area contributed by atoms with Gasteiger partial charge in [0.25, 0.3) is 0 Å². The van der Waals surface area contributed by atoms with Crippen LogP contribution < -0.4 is 10.5 Å². The van der Waals surface area contributed by atoms with Crippen LogP contribution in [0.3, 0.4) is 0 Å². The molecule has 3 nitrogen and oxygen atoms in total. The summed E-state index contributed by atoms with van der Waals surface area (Å²) in [4.78, 5) is 4.55. The molecule has 0 fully saturated rings. The second-order valence-corrected chi connectivity index (χ2v) is 4.46. The lowest BCUT2D eigenvalue weighted by Gasteiger charge is -2.12. The monoisotopic (exact) mass is 230 g/mol. The molecule has 0 aliphatic carbocycles. The van der Waals surface area contributed by atoms with Crippen LogP contribution in [0.4, 0.5) is 0 Å². The fraction of sp³-hybridized carbons (Fsp3) is 0.357. The summed E-state index contributed by atoms with van der Waals surface area (Å²) in [7, 11) is 1.67. The van der Waals surface area contributed by atoms with Crippen molar-refractivity contribution in [2.45, 2.75) is 26.3 Å². The molecule has 17 heavy (non-hydrogen) atoms. The van der Waals surface area contributed by atoms with E-state index >= 15 is 0 Å². The van der Waals surface area contributed by atoms with E-state index in [1.165, 1.54) is 5.56 Å². The average molecular weight is 230 g/mol. The zero-order valence-electron chi connectivity index (χ0n) is 10.5. The number of nitrogens with two attached hydrogens (primary N) is 1. The first-order valence-corrected chi connectivity index (χ1v) is 5.80. The van der Waals surface area contributed by atoms with E-state index in [-0.39, 0.29) is 6.04 Å². The van der Waals surface area contributed by atoms with Gasteiger partial charge in [0, 0.05) is 17.1 Å². The number of nitrogens with zero attached hydrogens (tertiary/aromatic N) is 1. The number of pyridine rings is 1. The quantitative estimate of drug-likeness (QED) is 0.881. The Hall–Kier alpha value is -1.61. The predicted molar refractivity (Wildman–Crippen MR) is 70.4 cm³/mol. The standard InChI is InChI=1S/C14H18N2O/c1-9(15)8-11-5-7-13(17-3)14-12(11)6-4-10(2)16-14/h4-7,9H,8,15H2,1-3H3. The summed E-state index contributed by atoms with van der Waals surface area (Å²) in [6.45, 7) is 3.99. The molecule has 1 atom stereocenters. The lowest BCUT2D eigenvalue weighted by Crippen LogP contribution is -2.18. The van der Waals surface area contributed by atoms with Crippen LogP contribution in [0.1, 0.15) is 18.2 Å². The molecule has 0 saturated carbocycles. The van der Waals surface area contributed by atoms with Crippen molar-refractivity contribution in [3.05, 3.63) is 35.5 Å². The van der Waals surface area contributed by atoms with Gasteiger partial charge in [0.15, 0.2) is 0 Å². The number of aryl methyl sites for hydroxylation is 1.